The number of esters is 2. The number of anilines is 2. The van der Waals surface area contributed by atoms with Crippen molar-refractivity contribution in [1.82, 2.24) is 0 Å². The summed E-state index contributed by atoms with van der Waals surface area (Å²) in [6.07, 6.45) is 0.655. The second-order valence-electron chi connectivity index (χ2n) is 24.8. The van der Waals surface area contributed by atoms with Gasteiger partial charge in [-0.25, -0.2) is 9.59 Å². The summed E-state index contributed by atoms with van der Waals surface area (Å²) in [4.78, 5) is 27.0. The molecule has 0 aliphatic heterocycles. The van der Waals surface area contributed by atoms with Gasteiger partial charge >= 0.3 is 11.9 Å². The molecule has 0 heterocycles. The number of rotatable bonds is 40. The van der Waals surface area contributed by atoms with Crippen LogP contribution in [0.3, 0.4) is 0 Å². The minimum absolute atomic E-state index is 0.0229. The minimum atomic E-state index is -0.978. The molecule has 0 saturated carbocycles. The van der Waals surface area contributed by atoms with E-state index in [1.165, 1.54) is 13.8 Å². The van der Waals surface area contributed by atoms with Crippen LogP contribution in [-0.2, 0) is 19.1 Å². The Balaban J connectivity index is 0.735. The number of aliphatic hydroxyl groups is 6. The molecule has 0 bridgehead atoms. The van der Waals surface area contributed by atoms with Gasteiger partial charge in [0.05, 0.1) is 0 Å². The van der Waals surface area contributed by atoms with Gasteiger partial charge < -0.3 is 78.3 Å². The first-order chi connectivity index (χ1) is 48.7. The molecule has 8 aromatic carbocycles. The standard InChI is InChI=1S/C83H92N2O16/c1-57(2)82(92)100-55-74(90)53-98-80-38-26-66(27-39-80)60(6)43-63-20-32-77(33-21-63)95-50-71(87)46-84(68-14-10-8-11-15-68)45-70(86)49-94-76-30-18-62(19-31-76)42-59(5)65-24-36-79(37-25-65)97-52-73(89)48-85(69-16-12-9-13-17-69)47-72(88)51-96-78-34-22-64(23-35-78)44-61(7)67-28-40-81(41-29-67)99-54-75(91)56-101-83(93)58(3)4/h8-44,70-75,86-91H,1,3,45-56H2,2,4-7H3/b59-42+,60-43+,61-44+. The molecule has 0 aliphatic rings. The zero-order valence-electron chi connectivity index (χ0n) is 57.9. The molecule has 8 rings (SSSR count). The van der Waals surface area contributed by atoms with Crippen LogP contribution >= 0.6 is 0 Å². The summed E-state index contributed by atoms with van der Waals surface area (Å²) in [7, 11) is 0. The predicted molar refractivity (Wildman–Crippen MR) is 397 cm³/mol. The zero-order chi connectivity index (χ0) is 72.0. The average molecular weight is 1370 g/mol. The summed E-state index contributed by atoms with van der Waals surface area (Å²) in [5.41, 5.74) is 11.1. The van der Waals surface area contributed by atoms with Crippen LogP contribution in [0.5, 0.6) is 34.5 Å². The Labute approximate surface area is 592 Å². The monoisotopic (exact) mass is 1370 g/mol. The maximum Gasteiger partial charge on any atom is 0.333 e. The van der Waals surface area contributed by atoms with Crippen LogP contribution in [-0.4, -0.2) is 158 Å². The molecular weight excluding hydrogens is 1280 g/mol. The average Bonchev–Trinajstić information content (AvgIpc) is 1.07. The Morgan fingerprint density at radius 3 is 0.762 bits per heavy atom. The fourth-order valence-corrected chi connectivity index (χ4v) is 10.3. The lowest BCUT2D eigenvalue weighted by Crippen LogP contribution is -2.41. The van der Waals surface area contributed by atoms with E-state index >= 15 is 0 Å². The molecular formula is C83H92N2O16. The molecule has 18 heteroatoms. The fraction of sp³-hybridized carbons (Fsp3) is 0.277. The zero-order valence-corrected chi connectivity index (χ0v) is 57.9. The number of nitrogens with zero attached hydrogens (tertiary/aromatic N) is 2. The van der Waals surface area contributed by atoms with Gasteiger partial charge in [-0.3, -0.25) is 0 Å². The van der Waals surface area contributed by atoms with E-state index in [1.807, 2.05) is 249 Å². The molecule has 6 N–H and O–H groups in total. The molecule has 8 aromatic rings. The first kappa shape index (κ1) is 76.3. The smallest absolute Gasteiger partial charge is 0.333 e. The van der Waals surface area contributed by atoms with E-state index < -0.39 is 48.6 Å². The second kappa shape index (κ2) is 39.4. The molecule has 18 nitrogen and oxygen atoms in total. The van der Waals surface area contributed by atoms with Gasteiger partial charge in [0.15, 0.2) is 0 Å². The van der Waals surface area contributed by atoms with Gasteiger partial charge in [0, 0.05) is 48.7 Å². The number of para-hydroxylation sites is 2. The van der Waals surface area contributed by atoms with Crippen molar-refractivity contribution in [3.8, 4) is 34.5 Å². The molecule has 0 saturated heterocycles. The summed E-state index contributed by atoms with van der Waals surface area (Å²) >= 11 is 0. The van der Waals surface area contributed by atoms with Crippen molar-refractivity contribution in [1.29, 1.82) is 0 Å². The number of aliphatic hydroxyl groups excluding tert-OH is 6. The van der Waals surface area contributed by atoms with Crippen molar-refractivity contribution < 1.29 is 78.1 Å². The second-order valence-corrected chi connectivity index (χ2v) is 24.8. The number of carbonyl (C=O) groups is 2. The highest BCUT2D eigenvalue weighted by atomic mass is 16.6. The summed E-state index contributed by atoms with van der Waals surface area (Å²) in [5, 5.41) is 65.2. The lowest BCUT2D eigenvalue weighted by atomic mass is 10.0. The lowest BCUT2D eigenvalue weighted by molar-refractivity contribution is -0.143. The normalized spacial score (nSPS) is 13.5. The first-order valence-corrected chi connectivity index (χ1v) is 33.4. The Morgan fingerprint density at radius 1 is 0.317 bits per heavy atom. The molecule has 0 radical (unpaired) electrons. The Kier molecular flexibility index (Phi) is 29.8. The van der Waals surface area contributed by atoms with Crippen LogP contribution in [0.1, 0.15) is 68.0 Å². The van der Waals surface area contributed by atoms with Crippen LogP contribution in [0.25, 0.3) is 34.9 Å². The number of carbonyl (C=O) groups excluding carboxylic acids is 2. The number of ether oxygens (including phenoxy) is 8. The van der Waals surface area contributed by atoms with Crippen LogP contribution in [0.4, 0.5) is 11.4 Å². The molecule has 0 spiro atoms. The quantitative estimate of drug-likeness (QED) is 0.0119. The van der Waals surface area contributed by atoms with Crippen molar-refractivity contribution in [2.45, 2.75) is 71.2 Å². The van der Waals surface area contributed by atoms with Crippen LogP contribution in [0, 0.1) is 0 Å². The van der Waals surface area contributed by atoms with Gasteiger partial charge in [0.2, 0.25) is 0 Å². The molecule has 530 valence electrons. The molecule has 0 amide bonds. The molecule has 0 fully saturated rings. The number of hydrogen-bond donors (Lipinski definition) is 6. The SMILES string of the molecule is C=C(C)C(=O)OCC(O)COc1ccc(/C(C)=C/c2ccc(OCC(O)CN(CC(O)COc3ccc(/C=C(\C)c4ccc(OCC(O)CN(CC(O)COc5ccc(/C=C(\C)c6ccc(OCC(O)COC(=O)C(=C)C)cc6)cc5)c5ccccc5)cc4)cc3)c3ccccc3)cc2)cc1. The minimum Gasteiger partial charge on any atom is -0.491 e. The lowest BCUT2D eigenvalue weighted by Gasteiger charge is -2.29. The third-order valence-electron chi connectivity index (χ3n) is 15.9. The Morgan fingerprint density at radius 2 is 0.535 bits per heavy atom. The summed E-state index contributed by atoms with van der Waals surface area (Å²) < 4.78 is 45.4. The molecule has 101 heavy (non-hydrogen) atoms. The van der Waals surface area contributed by atoms with E-state index in [2.05, 4.69) is 19.2 Å². The number of hydrogen-bond acceptors (Lipinski definition) is 18. The highest BCUT2D eigenvalue weighted by molar-refractivity contribution is 5.87. The van der Waals surface area contributed by atoms with Crippen LogP contribution < -0.4 is 38.2 Å². The fourth-order valence-electron chi connectivity index (χ4n) is 10.3. The summed E-state index contributed by atoms with van der Waals surface area (Å²) in [5.74, 6) is 2.40. The molecule has 6 unspecified atom stereocenters. The van der Waals surface area contributed by atoms with E-state index in [1.54, 1.807) is 0 Å². The maximum absolute atomic E-state index is 11.6. The van der Waals surface area contributed by atoms with Crippen LogP contribution in [0.2, 0.25) is 0 Å². The van der Waals surface area contributed by atoms with Gasteiger partial charge in [-0.1, -0.05) is 141 Å². The Hall–Kier alpha value is -10.4. The summed E-state index contributed by atoms with van der Waals surface area (Å²) in [6.45, 7) is 16.6. The highest BCUT2D eigenvalue weighted by Gasteiger charge is 2.21. The van der Waals surface area contributed by atoms with Gasteiger partial charge in [0.1, 0.15) is 124 Å². The topological polar surface area (TPSA) is 236 Å². The highest BCUT2D eigenvalue weighted by Crippen LogP contribution is 2.28. The van der Waals surface area contributed by atoms with Crippen LogP contribution in [0.15, 0.2) is 231 Å². The van der Waals surface area contributed by atoms with Gasteiger partial charge in [-0.2, -0.15) is 0 Å². The van der Waals surface area contributed by atoms with Gasteiger partial charge in [-0.05, 0) is 182 Å². The molecule has 0 aromatic heterocycles. The summed E-state index contributed by atoms with van der Waals surface area (Å²) in [6, 6.07) is 64.6. The van der Waals surface area contributed by atoms with Crippen molar-refractivity contribution >= 4 is 58.3 Å². The van der Waals surface area contributed by atoms with Crippen molar-refractivity contribution in [3.63, 3.8) is 0 Å². The maximum atomic E-state index is 11.6. The van der Waals surface area contributed by atoms with E-state index in [4.69, 9.17) is 37.9 Å². The largest absolute Gasteiger partial charge is 0.491 e. The number of allylic oxidation sites excluding steroid dienone is 3. The van der Waals surface area contributed by atoms with Gasteiger partial charge in [-0.15, -0.1) is 0 Å². The molecule has 0 aliphatic carbocycles. The van der Waals surface area contributed by atoms with Gasteiger partial charge in [0.25, 0.3) is 0 Å². The molecule has 6 atom stereocenters. The third-order valence-corrected chi connectivity index (χ3v) is 15.9. The van der Waals surface area contributed by atoms with E-state index in [0.717, 1.165) is 61.5 Å². The van der Waals surface area contributed by atoms with Crippen molar-refractivity contribution in [3.05, 3.63) is 264 Å². The number of benzene rings is 8. The van der Waals surface area contributed by atoms with E-state index in [9.17, 15) is 40.2 Å². The first-order valence-electron chi connectivity index (χ1n) is 33.4. The van der Waals surface area contributed by atoms with Crippen molar-refractivity contribution in [2.24, 2.45) is 0 Å². The van der Waals surface area contributed by atoms with E-state index in [-0.39, 0.29) is 90.2 Å². The Bertz CT molecular complexity index is 3960. The van der Waals surface area contributed by atoms with E-state index in [0.29, 0.717) is 34.5 Å². The predicted octanol–water partition coefficient (Wildman–Crippen LogP) is 12.5. The van der Waals surface area contributed by atoms with Crippen molar-refractivity contribution in [2.75, 3.05) is 88.8 Å². The third kappa shape index (κ3) is 26.3.